The largest absolute Gasteiger partial charge is 0.348 e. The zero-order valence-electron chi connectivity index (χ0n) is 16.7. The molecule has 7 nitrogen and oxygen atoms in total. The molecule has 4 aromatic rings. The zero-order valence-corrected chi connectivity index (χ0v) is 19.1. The lowest BCUT2D eigenvalue weighted by Crippen LogP contribution is -2.25. The van der Waals surface area contributed by atoms with Crippen LogP contribution in [0.5, 0.6) is 0 Å². The molecule has 1 aromatic heterocycles. The van der Waals surface area contributed by atoms with Gasteiger partial charge in [0.25, 0.3) is 15.9 Å². The van der Waals surface area contributed by atoms with Crippen molar-refractivity contribution >= 4 is 48.6 Å². The van der Waals surface area contributed by atoms with E-state index in [0.29, 0.717) is 16.1 Å². The van der Waals surface area contributed by atoms with Crippen LogP contribution in [-0.2, 0) is 16.6 Å². The number of hydrogen-bond acceptors (Lipinski definition) is 5. The number of halogens is 3. The van der Waals surface area contributed by atoms with Gasteiger partial charge in [0.1, 0.15) is 22.0 Å². The number of benzene rings is 3. The number of amides is 1. The van der Waals surface area contributed by atoms with Crippen LogP contribution in [0.4, 0.5) is 14.5 Å². The molecule has 3 aromatic carbocycles. The Labute approximate surface area is 196 Å². The third-order valence-electron chi connectivity index (χ3n) is 4.68. The molecule has 0 radical (unpaired) electrons. The van der Waals surface area contributed by atoms with Gasteiger partial charge in [-0.3, -0.25) is 19.5 Å². The van der Waals surface area contributed by atoms with Crippen molar-refractivity contribution in [1.82, 2.24) is 15.3 Å². The molecule has 0 bridgehead atoms. The van der Waals surface area contributed by atoms with Gasteiger partial charge in [0, 0.05) is 35.0 Å². The maximum Gasteiger partial charge on any atom is 0.264 e. The number of anilines is 1. The van der Waals surface area contributed by atoms with Crippen LogP contribution in [0.15, 0.2) is 76.4 Å². The van der Waals surface area contributed by atoms with Crippen LogP contribution < -0.4 is 10.0 Å². The highest BCUT2D eigenvalue weighted by atomic mass is 79.9. The van der Waals surface area contributed by atoms with Crippen LogP contribution in [0.2, 0.25) is 0 Å². The molecule has 33 heavy (non-hydrogen) atoms. The Morgan fingerprint density at radius 3 is 2.58 bits per heavy atom. The molecule has 0 aliphatic carbocycles. The van der Waals surface area contributed by atoms with Gasteiger partial charge in [-0.25, -0.2) is 17.2 Å². The highest BCUT2D eigenvalue weighted by Crippen LogP contribution is 2.27. The first-order valence-electron chi connectivity index (χ1n) is 9.49. The van der Waals surface area contributed by atoms with E-state index in [0.717, 1.165) is 6.07 Å². The van der Waals surface area contributed by atoms with Crippen molar-refractivity contribution in [2.24, 2.45) is 0 Å². The number of nitrogens with one attached hydrogen (secondary N) is 2. The highest BCUT2D eigenvalue weighted by Gasteiger charge is 2.22. The van der Waals surface area contributed by atoms with E-state index in [1.807, 2.05) is 0 Å². The Hall–Kier alpha value is -3.44. The summed E-state index contributed by atoms with van der Waals surface area (Å²) >= 11 is 3.27. The van der Waals surface area contributed by atoms with Crippen molar-refractivity contribution in [2.75, 3.05) is 4.72 Å². The second-order valence-corrected chi connectivity index (χ2v) is 9.46. The smallest absolute Gasteiger partial charge is 0.264 e. The maximum atomic E-state index is 13.9. The Balaban J connectivity index is 1.63. The first-order valence-corrected chi connectivity index (χ1v) is 11.8. The summed E-state index contributed by atoms with van der Waals surface area (Å²) in [6, 6.07) is 12.0. The van der Waals surface area contributed by atoms with Crippen molar-refractivity contribution < 1.29 is 22.0 Å². The number of fused-ring (bicyclic) bond motifs is 1. The molecule has 0 aliphatic rings. The number of nitrogens with zero attached hydrogens (tertiary/aromatic N) is 2. The summed E-state index contributed by atoms with van der Waals surface area (Å²) in [7, 11) is -4.15. The maximum absolute atomic E-state index is 13.9. The minimum atomic E-state index is -4.15. The molecule has 0 atom stereocenters. The van der Waals surface area contributed by atoms with E-state index in [-0.39, 0.29) is 33.8 Å². The van der Waals surface area contributed by atoms with Crippen LogP contribution in [0.3, 0.4) is 0 Å². The first-order chi connectivity index (χ1) is 15.7. The molecule has 0 spiro atoms. The van der Waals surface area contributed by atoms with Gasteiger partial charge in [-0.15, -0.1) is 0 Å². The third kappa shape index (κ3) is 4.99. The lowest BCUT2D eigenvalue weighted by Gasteiger charge is -2.14. The van der Waals surface area contributed by atoms with Gasteiger partial charge in [0.15, 0.2) is 0 Å². The molecular weight excluding hydrogens is 518 g/mol. The van der Waals surface area contributed by atoms with Crippen LogP contribution >= 0.6 is 15.9 Å². The summed E-state index contributed by atoms with van der Waals surface area (Å²) in [6.45, 7) is -0.216. The molecule has 0 fully saturated rings. The highest BCUT2D eigenvalue weighted by molar-refractivity contribution is 9.10. The standard InChI is InChI=1S/C22H15BrF2N4O3S/c23-14-5-7-16(22(30)28-12-13-4-6-15(24)11-17(13)25)19(10-14)29-33(31,32)20-3-1-2-18-21(20)27-9-8-26-18/h1-11,29H,12H2,(H,28,30). The Bertz CT molecular complexity index is 1480. The number of hydrogen-bond donors (Lipinski definition) is 2. The SMILES string of the molecule is O=C(NCc1ccc(F)cc1F)c1ccc(Br)cc1NS(=O)(=O)c1cccc2nccnc12. The molecular formula is C22H15BrF2N4O3S. The fourth-order valence-electron chi connectivity index (χ4n) is 3.12. The van der Waals surface area contributed by atoms with Crippen LogP contribution in [-0.4, -0.2) is 24.3 Å². The Morgan fingerprint density at radius 1 is 1.00 bits per heavy atom. The van der Waals surface area contributed by atoms with Gasteiger partial charge in [0.2, 0.25) is 0 Å². The van der Waals surface area contributed by atoms with Gasteiger partial charge >= 0.3 is 0 Å². The van der Waals surface area contributed by atoms with Gasteiger partial charge < -0.3 is 5.32 Å². The van der Waals surface area contributed by atoms with Crippen molar-refractivity contribution in [2.45, 2.75) is 11.4 Å². The summed E-state index contributed by atoms with van der Waals surface area (Å²) in [6.07, 6.45) is 2.83. The summed E-state index contributed by atoms with van der Waals surface area (Å²) in [5.41, 5.74) is 0.672. The molecule has 2 N–H and O–H groups in total. The summed E-state index contributed by atoms with van der Waals surface area (Å²) in [5.74, 6) is -2.18. The minimum absolute atomic E-state index is 0.00217. The Morgan fingerprint density at radius 2 is 1.79 bits per heavy atom. The Kier molecular flexibility index (Phi) is 6.34. The van der Waals surface area contributed by atoms with Crippen molar-refractivity contribution in [1.29, 1.82) is 0 Å². The topological polar surface area (TPSA) is 101 Å². The monoisotopic (exact) mass is 532 g/mol. The van der Waals surface area contributed by atoms with E-state index in [1.54, 1.807) is 12.1 Å². The van der Waals surface area contributed by atoms with Crippen LogP contribution in [0, 0.1) is 11.6 Å². The van der Waals surface area contributed by atoms with Crippen LogP contribution in [0.25, 0.3) is 11.0 Å². The summed E-state index contributed by atoms with van der Waals surface area (Å²) in [4.78, 5) is 20.9. The van der Waals surface area contributed by atoms with E-state index in [9.17, 15) is 22.0 Å². The summed E-state index contributed by atoms with van der Waals surface area (Å²) in [5, 5.41) is 2.52. The number of rotatable bonds is 6. The molecule has 1 heterocycles. The quantitative estimate of drug-likeness (QED) is 0.383. The van der Waals surface area contributed by atoms with Crippen LogP contribution in [0.1, 0.15) is 15.9 Å². The third-order valence-corrected chi connectivity index (χ3v) is 6.57. The minimum Gasteiger partial charge on any atom is -0.348 e. The fourth-order valence-corrected chi connectivity index (χ4v) is 4.72. The number of carbonyl (C=O) groups excluding carboxylic acids is 1. The second-order valence-electron chi connectivity index (χ2n) is 6.89. The predicted molar refractivity (Wildman–Crippen MR) is 122 cm³/mol. The van der Waals surface area contributed by atoms with Gasteiger partial charge in [-0.05, 0) is 36.4 Å². The lowest BCUT2D eigenvalue weighted by molar-refractivity contribution is 0.0951. The molecule has 11 heteroatoms. The van der Waals surface area contributed by atoms with E-state index in [2.05, 4.69) is 35.9 Å². The van der Waals surface area contributed by atoms with Crippen molar-refractivity contribution in [3.8, 4) is 0 Å². The normalized spacial score (nSPS) is 11.4. The zero-order chi connectivity index (χ0) is 23.6. The average molecular weight is 533 g/mol. The molecule has 0 unspecified atom stereocenters. The van der Waals surface area contributed by atoms with Crippen molar-refractivity contribution in [3.63, 3.8) is 0 Å². The molecule has 0 saturated carbocycles. The number of carbonyl (C=O) groups is 1. The van der Waals surface area contributed by atoms with Gasteiger partial charge in [0.05, 0.1) is 16.8 Å². The molecule has 0 aliphatic heterocycles. The average Bonchev–Trinajstić information content (AvgIpc) is 2.77. The molecule has 1 amide bonds. The van der Waals surface area contributed by atoms with E-state index in [1.165, 1.54) is 42.7 Å². The van der Waals surface area contributed by atoms with Gasteiger partial charge in [-0.1, -0.05) is 28.1 Å². The second kappa shape index (κ2) is 9.20. The molecule has 4 rings (SSSR count). The molecule has 0 saturated heterocycles. The van der Waals surface area contributed by atoms with E-state index in [4.69, 9.17) is 0 Å². The number of sulfonamides is 1. The van der Waals surface area contributed by atoms with Gasteiger partial charge in [-0.2, -0.15) is 0 Å². The first kappa shape index (κ1) is 22.7. The predicted octanol–water partition coefficient (Wildman–Crippen LogP) is 4.40. The number of aromatic nitrogens is 2. The lowest BCUT2D eigenvalue weighted by atomic mass is 10.1. The molecule has 168 valence electrons. The van der Waals surface area contributed by atoms with Crippen molar-refractivity contribution in [3.05, 3.63) is 94.2 Å². The summed E-state index contributed by atoms with van der Waals surface area (Å²) < 4.78 is 56.2. The van der Waals surface area contributed by atoms with E-state index >= 15 is 0 Å². The number of para-hydroxylation sites is 1. The van der Waals surface area contributed by atoms with E-state index < -0.39 is 27.6 Å². The fraction of sp³-hybridized carbons (Fsp3) is 0.0455.